The van der Waals surface area contributed by atoms with Gasteiger partial charge in [0.05, 0.1) is 17.5 Å². The Labute approximate surface area is 90.4 Å². The first kappa shape index (κ1) is 10.2. The SMILES string of the molecule is O=C(O)c1cc(F)cnc1-c1ccncc1. The highest BCUT2D eigenvalue weighted by Gasteiger charge is 2.14. The molecule has 2 rings (SSSR count). The van der Waals surface area contributed by atoms with Crippen molar-refractivity contribution in [2.75, 3.05) is 0 Å². The fraction of sp³-hybridized carbons (Fsp3) is 0. The molecule has 2 aromatic rings. The Morgan fingerprint density at radius 1 is 1.31 bits per heavy atom. The quantitative estimate of drug-likeness (QED) is 0.837. The van der Waals surface area contributed by atoms with Crippen molar-refractivity contribution in [3.8, 4) is 11.3 Å². The second-order valence-corrected chi connectivity index (χ2v) is 3.09. The molecule has 0 radical (unpaired) electrons. The van der Waals surface area contributed by atoms with E-state index in [0.717, 1.165) is 12.3 Å². The summed E-state index contributed by atoms with van der Waals surface area (Å²) < 4.78 is 12.9. The minimum atomic E-state index is -1.21. The lowest BCUT2D eigenvalue weighted by molar-refractivity contribution is 0.0697. The highest BCUT2D eigenvalue weighted by Crippen LogP contribution is 2.21. The van der Waals surface area contributed by atoms with Gasteiger partial charge in [0, 0.05) is 18.0 Å². The van der Waals surface area contributed by atoms with Crippen LogP contribution in [-0.4, -0.2) is 21.0 Å². The van der Waals surface area contributed by atoms with Gasteiger partial charge in [0.1, 0.15) is 5.82 Å². The average Bonchev–Trinajstić information content (AvgIpc) is 2.30. The Hall–Kier alpha value is -2.30. The molecule has 0 amide bonds. The van der Waals surface area contributed by atoms with Gasteiger partial charge in [-0.3, -0.25) is 9.97 Å². The van der Waals surface area contributed by atoms with Crippen LogP contribution in [0.5, 0.6) is 0 Å². The minimum Gasteiger partial charge on any atom is -0.478 e. The normalized spacial score (nSPS) is 10.1. The van der Waals surface area contributed by atoms with Crippen LogP contribution >= 0.6 is 0 Å². The summed E-state index contributed by atoms with van der Waals surface area (Å²) in [5.41, 5.74) is 0.662. The monoisotopic (exact) mass is 218 g/mol. The number of carboxylic acid groups (broad SMARTS) is 1. The van der Waals surface area contributed by atoms with Crippen molar-refractivity contribution in [2.24, 2.45) is 0 Å². The third kappa shape index (κ3) is 1.88. The van der Waals surface area contributed by atoms with E-state index in [4.69, 9.17) is 5.11 Å². The Kier molecular flexibility index (Phi) is 2.59. The van der Waals surface area contributed by atoms with Crippen molar-refractivity contribution in [1.82, 2.24) is 9.97 Å². The van der Waals surface area contributed by atoms with Crippen LogP contribution in [0, 0.1) is 5.82 Å². The van der Waals surface area contributed by atoms with Gasteiger partial charge in [0.15, 0.2) is 0 Å². The molecule has 2 aromatic heterocycles. The number of carboxylic acids is 1. The van der Waals surface area contributed by atoms with E-state index in [1.165, 1.54) is 12.4 Å². The van der Waals surface area contributed by atoms with Crippen molar-refractivity contribution in [3.63, 3.8) is 0 Å². The lowest BCUT2D eigenvalue weighted by Gasteiger charge is -2.04. The number of aromatic nitrogens is 2. The van der Waals surface area contributed by atoms with Gasteiger partial charge in [-0.25, -0.2) is 9.18 Å². The second kappa shape index (κ2) is 4.06. The van der Waals surface area contributed by atoms with E-state index in [1.54, 1.807) is 12.1 Å². The van der Waals surface area contributed by atoms with Crippen molar-refractivity contribution < 1.29 is 14.3 Å². The molecule has 0 aromatic carbocycles. The van der Waals surface area contributed by atoms with E-state index in [0.29, 0.717) is 5.56 Å². The molecule has 2 heterocycles. The van der Waals surface area contributed by atoms with Crippen LogP contribution in [0.1, 0.15) is 10.4 Å². The standard InChI is InChI=1S/C11H7FN2O2/c12-8-5-9(11(15)16)10(14-6-8)7-1-3-13-4-2-7/h1-6H,(H,15,16). The zero-order valence-corrected chi connectivity index (χ0v) is 8.09. The van der Waals surface area contributed by atoms with Gasteiger partial charge >= 0.3 is 5.97 Å². The van der Waals surface area contributed by atoms with Crippen LogP contribution in [0.15, 0.2) is 36.8 Å². The summed E-state index contributed by atoms with van der Waals surface area (Å²) >= 11 is 0. The van der Waals surface area contributed by atoms with Gasteiger partial charge in [0.25, 0.3) is 0 Å². The summed E-state index contributed by atoms with van der Waals surface area (Å²) in [7, 11) is 0. The summed E-state index contributed by atoms with van der Waals surface area (Å²) in [6, 6.07) is 4.18. The number of rotatable bonds is 2. The molecule has 0 saturated heterocycles. The smallest absolute Gasteiger partial charge is 0.338 e. The zero-order valence-electron chi connectivity index (χ0n) is 8.09. The van der Waals surface area contributed by atoms with E-state index in [2.05, 4.69) is 9.97 Å². The predicted molar refractivity (Wildman–Crippen MR) is 54.4 cm³/mol. The van der Waals surface area contributed by atoms with E-state index in [-0.39, 0.29) is 11.3 Å². The summed E-state index contributed by atoms with van der Waals surface area (Å²) in [6.45, 7) is 0. The molecule has 0 aliphatic rings. The first-order chi connectivity index (χ1) is 7.68. The first-order valence-electron chi connectivity index (χ1n) is 4.47. The molecular formula is C11H7FN2O2. The van der Waals surface area contributed by atoms with Crippen molar-refractivity contribution in [1.29, 1.82) is 0 Å². The first-order valence-corrected chi connectivity index (χ1v) is 4.47. The maximum absolute atomic E-state index is 12.9. The van der Waals surface area contributed by atoms with Crippen LogP contribution in [0.4, 0.5) is 4.39 Å². The molecule has 0 aliphatic heterocycles. The van der Waals surface area contributed by atoms with E-state index < -0.39 is 11.8 Å². The van der Waals surface area contributed by atoms with Crippen LogP contribution in [-0.2, 0) is 0 Å². The number of hydrogen-bond donors (Lipinski definition) is 1. The van der Waals surface area contributed by atoms with Crippen LogP contribution < -0.4 is 0 Å². The number of pyridine rings is 2. The molecule has 0 aliphatic carbocycles. The van der Waals surface area contributed by atoms with Crippen molar-refractivity contribution in [2.45, 2.75) is 0 Å². The fourth-order valence-electron chi connectivity index (χ4n) is 1.34. The molecule has 80 valence electrons. The third-order valence-corrected chi connectivity index (χ3v) is 2.04. The van der Waals surface area contributed by atoms with Crippen LogP contribution in [0.25, 0.3) is 11.3 Å². The lowest BCUT2D eigenvalue weighted by Crippen LogP contribution is -2.02. The topological polar surface area (TPSA) is 63.1 Å². The average molecular weight is 218 g/mol. The molecule has 0 fully saturated rings. The van der Waals surface area contributed by atoms with E-state index >= 15 is 0 Å². The number of hydrogen-bond acceptors (Lipinski definition) is 3. The number of carbonyl (C=O) groups is 1. The lowest BCUT2D eigenvalue weighted by atomic mass is 10.1. The summed E-state index contributed by atoms with van der Waals surface area (Å²) in [5, 5.41) is 8.93. The van der Waals surface area contributed by atoms with Gasteiger partial charge < -0.3 is 5.11 Å². The zero-order chi connectivity index (χ0) is 11.5. The van der Waals surface area contributed by atoms with E-state index in [9.17, 15) is 9.18 Å². The number of halogens is 1. The Bertz CT molecular complexity index is 529. The summed E-state index contributed by atoms with van der Waals surface area (Å²) in [5.74, 6) is -1.88. The van der Waals surface area contributed by atoms with Crippen molar-refractivity contribution in [3.05, 3.63) is 48.2 Å². The van der Waals surface area contributed by atoms with Gasteiger partial charge in [0.2, 0.25) is 0 Å². The predicted octanol–water partition coefficient (Wildman–Crippen LogP) is 1.98. The maximum Gasteiger partial charge on any atom is 0.338 e. The third-order valence-electron chi connectivity index (χ3n) is 2.04. The molecule has 1 N–H and O–H groups in total. The highest BCUT2D eigenvalue weighted by molar-refractivity contribution is 5.94. The summed E-state index contributed by atoms with van der Waals surface area (Å²) in [4.78, 5) is 18.5. The molecular weight excluding hydrogens is 211 g/mol. The Morgan fingerprint density at radius 3 is 2.62 bits per heavy atom. The molecule has 0 bridgehead atoms. The Balaban J connectivity index is 2.61. The van der Waals surface area contributed by atoms with Gasteiger partial charge in [-0.2, -0.15) is 0 Å². The second-order valence-electron chi connectivity index (χ2n) is 3.09. The highest BCUT2D eigenvalue weighted by atomic mass is 19.1. The largest absolute Gasteiger partial charge is 0.478 e. The Morgan fingerprint density at radius 2 is 2.00 bits per heavy atom. The number of nitrogens with zero attached hydrogens (tertiary/aromatic N) is 2. The molecule has 4 nitrogen and oxygen atoms in total. The molecule has 5 heteroatoms. The fourth-order valence-corrected chi connectivity index (χ4v) is 1.34. The minimum absolute atomic E-state index is 0.161. The van der Waals surface area contributed by atoms with Crippen molar-refractivity contribution >= 4 is 5.97 Å². The van der Waals surface area contributed by atoms with Gasteiger partial charge in [-0.05, 0) is 18.2 Å². The molecule has 0 spiro atoms. The van der Waals surface area contributed by atoms with Gasteiger partial charge in [-0.1, -0.05) is 0 Å². The molecule has 0 atom stereocenters. The summed E-state index contributed by atoms with van der Waals surface area (Å²) in [6.07, 6.45) is 4.03. The number of aromatic carboxylic acids is 1. The van der Waals surface area contributed by atoms with E-state index in [1.807, 2.05) is 0 Å². The molecule has 16 heavy (non-hydrogen) atoms. The van der Waals surface area contributed by atoms with Crippen LogP contribution in [0.3, 0.4) is 0 Å². The molecule has 0 unspecified atom stereocenters. The molecule has 0 saturated carbocycles. The van der Waals surface area contributed by atoms with Gasteiger partial charge in [-0.15, -0.1) is 0 Å². The maximum atomic E-state index is 12.9. The van der Waals surface area contributed by atoms with Crippen LogP contribution in [0.2, 0.25) is 0 Å².